The van der Waals surface area contributed by atoms with E-state index in [4.69, 9.17) is 19.4 Å². The number of nitrogens with zero attached hydrogens (tertiary/aromatic N) is 6. The summed E-state index contributed by atoms with van der Waals surface area (Å²) in [6, 6.07) is 13.8. The predicted molar refractivity (Wildman–Crippen MR) is 154 cm³/mol. The predicted octanol–water partition coefficient (Wildman–Crippen LogP) is 4.71. The maximum Gasteiger partial charge on any atom is 0.259 e. The van der Waals surface area contributed by atoms with E-state index in [0.29, 0.717) is 23.7 Å². The summed E-state index contributed by atoms with van der Waals surface area (Å²) in [6.07, 6.45) is 10.3. The number of likely N-dealkylation sites (N-methyl/N-ethyl adjacent to an activating group) is 1. The van der Waals surface area contributed by atoms with Crippen molar-refractivity contribution in [2.75, 3.05) is 44.8 Å². The number of benzene rings is 1. The molecule has 2 saturated heterocycles. The van der Waals surface area contributed by atoms with Crippen LogP contribution in [0.5, 0.6) is 5.88 Å². The van der Waals surface area contributed by atoms with Crippen LogP contribution in [0, 0.1) is 16.7 Å². The molecule has 2 atom stereocenters. The number of anilines is 1. The van der Waals surface area contributed by atoms with Crippen LogP contribution >= 0.6 is 0 Å². The summed E-state index contributed by atoms with van der Waals surface area (Å²) < 4.78 is 14.3. The van der Waals surface area contributed by atoms with Gasteiger partial charge in [-0.05, 0) is 56.5 Å². The van der Waals surface area contributed by atoms with Gasteiger partial charge in [0.1, 0.15) is 5.82 Å². The van der Waals surface area contributed by atoms with E-state index in [1.54, 1.807) is 6.20 Å². The van der Waals surface area contributed by atoms with Crippen LogP contribution in [0.1, 0.15) is 38.2 Å². The van der Waals surface area contributed by atoms with Crippen molar-refractivity contribution in [2.24, 2.45) is 5.41 Å². The van der Waals surface area contributed by atoms with Gasteiger partial charge in [0.25, 0.3) is 5.88 Å². The molecule has 40 heavy (non-hydrogen) atoms. The summed E-state index contributed by atoms with van der Waals surface area (Å²) in [4.78, 5) is 16.6. The Morgan fingerprint density at radius 3 is 2.73 bits per heavy atom. The largest absolute Gasteiger partial charge is 0.474 e. The summed E-state index contributed by atoms with van der Waals surface area (Å²) in [5, 5.41) is 12.8. The molecule has 4 aromatic rings. The fraction of sp³-hybridized carbons (Fsp3) is 0.419. The molecule has 0 radical (unpaired) electrons. The molecule has 206 valence electrons. The normalized spacial score (nSPS) is 20.9. The van der Waals surface area contributed by atoms with Crippen molar-refractivity contribution >= 4 is 11.5 Å². The fourth-order valence-electron chi connectivity index (χ4n) is 5.66. The van der Waals surface area contributed by atoms with E-state index in [9.17, 15) is 5.26 Å². The van der Waals surface area contributed by atoms with Gasteiger partial charge in [-0.1, -0.05) is 19.1 Å². The number of fused-ring (bicyclic) bond motifs is 1. The number of piperidine rings is 1. The molecule has 0 saturated carbocycles. The highest BCUT2D eigenvalue weighted by molar-refractivity contribution is 5.81. The minimum atomic E-state index is 0.0338. The van der Waals surface area contributed by atoms with Gasteiger partial charge in [0.15, 0.2) is 0 Å². The van der Waals surface area contributed by atoms with Gasteiger partial charge in [0.05, 0.1) is 35.7 Å². The molecule has 1 aromatic carbocycles. The Morgan fingerprint density at radius 1 is 1.18 bits per heavy atom. The number of aromatic nitrogens is 4. The van der Waals surface area contributed by atoms with E-state index in [-0.39, 0.29) is 11.5 Å². The SMILES string of the molecule is CN(CC1CCCO1)c1ccc(-c2c(-c3ccc(C#N)cc3)nc(OC[C@]3(C)CCCNC3)c3nccn23)cn1. The summed E-state index contributed by atoms with van der Waals surface area (Å²) in [6.45, 7) is 6.42. The summed E-state index contributed by atoms with van der Waals surface area (Å²) in [7, 11) is 2.05. The van der Waals surface area contributed by atoms with E-state index in [0.717, 1.165) is 80.3 Å². The highest BCUT2D eigenvalue weighted by Gasteiger charge is 2.29. The Balaban J connectivity index is 1.38. The number of rotatable bonds is 8. The molecule has 6 rings (SSSR count). The van der Waals surface area contributed by atoms with E-state index in [1.165, 1.54) is 0 Å². The van der Waals surface area contributed by atoms with Crippen molar-refractivity contribution in [1.82, 2.24) is 24.7 Å². The molecule has 0 bridgehead atoms. The molecule has 1 N–H and O–H groups in total. The molecule has 0 spiro atoms. The van der Waals surface area contributed by atoms with Crippen LogP contribution < -0.4 is 15.0 Å². The average molecular weight is 538 g/mol. The summed E-state index contributed by atoms with van der Waals surface area (Å²) in [5.74, 6) is 1.39. The Morgan fingerprint density at radius 2 is 2.02 bits per heavy atom. The van der Waals surface area contributed by atoms with Crippen molar-refractivity contribution in [2.45, 2.75) is 38.7 Å². The quantitative estimate of drug-likeness (QED) is 0.345. The minimum Gasteiger partial charge on any atom is -0.474 e. The summed E-state index contributed by atoms with van der Waals surface area (Å²) in [5.41, 5.74) is 4.73. The number of nitriles is 1. The summed E-state index contributed by atoms with van der Waals surface area (Å²) >= 11 is 0. The average Bonchev–Trinajstić information content (AvgIpc) is 3.69. The van der Waals surface area contributed by atoms with Gasteiger partial charge in [0, 0.05) is 61.9 Å². The van der Waals surface area contributed by atoms with E-state index in [1.807, 2.05) is 47.1 Å². The molecule has 2 aliphatic rings. The zero-order valence-electron chi connectivity index (χ0n) is 23.1. The smallest absolute Gasteiger partial charge is 0.259 e. The Labute approximate surface area is 234 Å². The first-order valence-electron chi connectivity index (χ1n) is 14.0. The molecule has 1 unspecified atom stereocenters. The number of pyridine rings is 1. The van der Waals surface area contributed by atoms with Crippen LogP contribution in [0.2, 0.25) is 0 Å². The standard InChI is InChI=1S/C31H35N7O2/c1-31(12-4-13-33-20-31)21-40-30-29-34-14-15-38(29)28(27(36-30)23-8-6-22(17-32)7-9-23)24-10-11-26(35-18-24)37(2)19-25-5-3-16-39-25/h6-11,14-15,18,25,33H,3-5,12-13,16,19-21H2,1-2H3/t25?,31-/m1/s1. The van der Waals surface area contributed by atoms with Crippen LogP contribution in [0.25, 0.3) is 28.2 Å². The van der Waals surface area contributed by atoms with Crippen LogP contribution in [0.4, 0.5) is 5.82 Å². The van der Waals surface area contributed by atoms with E-state index in [2.05, 4.69) is 41.3 Å². The molecule has 0 aliphatic carbocycles. The third kappa shape index (κ3) is 5.37. The molecule has 9 heteroatoms. The molecule has 0 amide bonds. The van der Waals surface area contributed by atoms with Crippen LogP contribution in [-0.4, -0.2) is 65.4 Å². The van der Waals surface area contributed by atoms with Gasteiger partial charge < -0.3 is 19.7 Å². The van der Waals surface area contributed by atoms with Gasteiger partial charge >= 0.3 is 0 Å². The Hall–Kier alpha value is -4.00. The van der Waals surface area contributed by atoms with E-state index >= 15 is 0 Å². The molecule has 3 aromatic heterocycles. The zero-order valence-corrected chi connectivity index (χ0v) is 23.1. The van der Waals surface area contributed by atoms with E-state index < -0.39 is 0 Å². The number of ether oxygens (including phenoxy) is 2. The lowest BCUT2D eigenvalue weighted by molar-refractivity contribution is 0.116. The van der Waals surface area contributed by atoms with Gasteiger partial charge in [-0.15, -0.1) is 0 Å². The van der Waals surface area contributed by atoms with Crippen LogP contribution in [-0.2, 0) is 4.74 Å². The molecular formula is C31H35N7O2. The highest BCUT2D eigenvalue weighted by Crippen LogP contribution is 2.36. The maximum atomic E-state index is 9.34. The first-order valence-corrected chi connectivity index (χ1v) is 14.0. The second-order valence-electron chi connectivity index (χ2n) is 11.2. The monoisotopic (exact) mass is 537 g/mol. The number of hydrogen-bond donors (Lipinski definition) is 1. The van der Waals surface area contributed by atoms with Crippen LogP contribution in [0.15, 0.2) is 55.0 Å². The van der Waals surface area contributed by atoms with Gasteiger partial charge in [0.2, 0.25) is 5.65 Å². The second kappa shape index (κ2) is 11.2. The number of nitrogens with one attached hydrogen (secondary N) is 1. The van der Waals surface area contributed by atoms with Crippen molar-refractivity contribution < 1.29 is 9.47 Å². The van der Waals surface area contributed by atoms with Crippen LogP contribution in [0.3, 0.4) is 0 Å². The third-order valence-electron chi connectivity index (χ3n) is 7.95. The first kappa shape index (κ1) is 26.2. The zero-order chi connectivity index (χ0) is 27.5. The molecule has 2 aliphatic heterocycles. The minimum absolute atomic E-state index is 0.0338. The lowest BCUT2D eigenvalue weighted by Gasteiger charge is -2.33. The fourth-order valence-corrected chi connectivity index (χ4v) is 5.66. The van der Waals surface area contributed by atoms with Gasteiger partial charge in [-0.25, -0.2) is 15.0 Å². The first-order chi connectivity index (χ1) is 19.5. The van der Waals surface area contributed by atoms with Crippen molar-refractivity contribution in [3.8, 4) is 34.5 Å². The highest BCUT2D eigenvalue weighted by atomic mass is 16.5. The third-order valence-corrected chi connectivity index (χ3v) is 7.95. The lowest BCUT2D eigenvalue weighted by atomic mass is 9.84. The van der Waals surface area contributed by atoms with Gasteiger partial charge in [-0.2, -0.15) is 5.26 Å². The molecule has 2 fully saturated rings. The second-order valence-corrected chi connectivity index (χ2v) is 11.2. The molecular weight excluding hydrogens is 502 g/mol. The Kier molecular flexibility index (Phi) is 7.37. The topological polar surface area (TPSA) is 101 Å². The van der Waals surface area contributed by atoms with Crippen molar-refractivity contribution in [3.05, 3.63) is 60.6 Å². The van der Waals surface area contributed by atoms with Crippen molar-refractivity contribution in [3.63, 3.8) is 0 Å². The molecule has 9 nitrogen and oxygen atoms in total. The maximum absolute atomic E-state index is 9.34. The Bertz CT molecular complexity index is 1500. The molecule has 5 heterocycles. The number of imidazole rings is 1. The van der Waals surface area contributed by atoms with Gasteiger partial charge in [-0.3, -0.25) is 4.40 Å². The van der Waals surface area contributed by atoms with Crippen molar-refractivity contribution in [1.29, 1.82) is 5.26 Å². The lowest BCUT2D eigenvalue weighted by Crippen LogP contribution is -2.41. The number of hydrogen-bond acceptors (Lipinski definition) is 8.